The van der Waals surface area contributed by atoms with E-state index >= 15 is 0 Å². The Morgan fingerprint density at radius 1 is 1.04 bits per heavy atom. The van der Waals surface area contributed by atoms with Gasteiger partial charge in [-0.15, -0.1) is 0 Å². The van der Waals surface area contributed by atoms with Crippen LogP contribution in [0.3, 0.4) is 0 Å². The van der Waals surface area contributed by atoms with Crippen molar-refractivity contribution in [3.05, 3.63) is 71.8 Å². The predicted octanol–water partition coefficient (Wildman–Crippen LogP) is 3.51. The lowest BCUT2D eigenvalue weighted by atomic mass is 10.1. The highest BCUT2D eigenvalue weighted by molar-refractivity contribution is 5.94. The molecule has 0 aliphatic rings. The maximum Gasteiger partial charge on any atom is 0.244 e. The smallest absolute Gasteiger partial charge is 0.244 e. The Kier molecular flexibility index (Phi) is 5.98. The van der Waals surface area contributed by atoms with Gasteiger partial charge in [-0.2, -0.15) is 0 Å². The van der Waals surface area contributed by atoms with Crippen LogP contribution in [0.5, 0.6) is 0 Å². The van der Waals surface area contributed by atoms with Crippen LogP contribution in [0.25, 0.3) is 5.57 Å². The fraction of sp³-hybridized carbons (Fsp3) is 0.250. The number of amides is 1. The fourth-order valence-electron chi connectivity index (χ4n) is 2.32. The van der Waals surface area contributed by atoms with Gasteiger partial charge in [-0.25, -0.2) is 0 Å². The van der Waals surface area contributed by atoms with Gasteiger partial charge in [-0.05, 0) is 42.2 Å². The number of carbonyl (C=O) groups excluding carboxylic acids is 1. The Bertz CT molecular complexity index is 658. The molecule has 0 aliphatic heterocycles. The van der Waals surface area contributed by atoms with Gasteiger partial charge < -0.3 is 10.2 Å². The zero-order valence-corrected chi connectivity index (χ0v) is 14.0. The SMILES string of the molecule is C/C(=C\C(=O)NCCc1ccc(N(C)C)cc1)c1ccccc1. The van der Waals surface area contributed by atoms with Crippen molar-refractivity contribution >= 4 is 17.2 Å². The zero-order chi connectivity index (χ0) is 16.7. The second kappa shape index (κ2) is 8.18. The molecule has 1 amide bonds. The number of hydrogen-bond donors (Lipinski definition) is 1. The van der Waals surface area contributed by atoms with Crippen molar-refractivity contribution in [2.45, 2.75) is 13.3 Å². The first-order chi connectivity index (χ1) is 11.1. The lowest BCUT2D eigenvalue weighted by Crippen LogP contribution is -2.23. The maximum absolute atomic E-state index is 12.0. The van der Waals surface area contributed by atoms with E-state index in [-0.39, 0.29) is 5.91 Å². The first-order valence-electron chi connectivity index (χ1n) is 7.84. The highest BCUT2D eigenvalue weighted by atomic mass is 16.1. The molecule has 3 heteroatoms. The molecule has 0 bridgehead atoms. The molecule has 2 aromatic rings. The molecule has 0 spiro atoms. The molecule has 0 aromatic heterocycles. The zero-order valence-electron chi connectivity index (χ0n) is 14.0. The molecule has 23 heavy (non-hydrogen) atoms. The number of carbonyl (C=O) groups is 1. The molecule has 0 unspecified atom stereocenters. The van der Waals surface area contributed by atoms with Crippen LogP contribution < -0.4 is 10.2 Å². The lowest BCUT2D eigenvalue weighted by molar-refractivity contribution is -0.116. The summed E-state index contributed by atoms with van der Waals surface area (Å²) in [7, 11) is 4.05. The van der Waals surface area contributed by atoms with E-state index in [1.807, 2.05) is 51.4 Å². The molecular formula is C20H24N2O. The molecular weight excluding hydrogens is 284 g/mol. The molecule has 0 aliphatic carbocycles. The Morgan fingerprint density at radius 2 is 1.70 bits per heavy atom. The van der Waals surface area contributed by atoms with Gasteiger partial charge in [0.1, 0.15) is 0 Å². The second-order valence-electron chi connectivity index (χ2n) is 5.80. The summed E-state index contributed by atoms with van der Waals surface area (Å²) in [5, 5.41) is 2.94. The largest absolute Gasteiger partial charge is 0.378 e. The molecule has 0 heterocycles. The summed E-state index contributed by atoms with van der Waals surface area (Å²) in [6.45, 7) is 2.59. The summed E-state index contributed by atoms with van der Waals surface area (Å²) < 4.78 is 0. The van der Waals surface area contributed by atoms with Crippen LogP contribution in [0.4, 0.5) is 5.69 Å². The van der Waals surface area contributed by atoms with Crippen LogP contribution in [0.1, 0.15) is 18.1 Å². The number of benzene rings is 2. The van der Waals surface area contributed by atoms with Crippen LogP contribution >= 0.6 is 0 Å². The van der Waals surface area contributed by atoms with Gasteiger partial charge in [0.25, 0.3) is 0 Å². The summed E-state index contributed by atoms with van der Waals surface area (Å²) in [5.74, 6) is -0.0451. The van der Waals surface area contributed by atoms with Crippen molar-refractivity contribution in [2.24, 2.45) is 0 Å². The highest BCUT2D eigenvalue weighted by Gasteiger charge is 2.01. The maximum atomic E-state index is 12.0. The first-order valence-corrected chi connectivity index (χ1v) is 7.84. The molecule has 0 fully saturated rings. The Balaban J connectivity index is 1.83. The van der Waals surface area contributed by atoms with E-state index in [9.17, 15) is 4.79 Å². The van der Waals surface area contributed by atoms with E-state index in [1.165, 1.54) is 11.3 Å². The van der Waals surface area contributed by atoms with Gasteiger partial charge in [0, 0.05) is 32.4 Å². The van der Waals surface area contributed by atoms with E-state index in [0.29, 0.717) is 6.54 Å². The molecule has 0 atom stereocenters. The number of anilines is 1. The standard InChI is InChI=1S/C20H24N2O/c1-16(18-7-5-4-6-8-18)15-20(23)21-14-13-17-9-11-19(12-10-17)22(2)3/h4-12,15H,13-14H2,1-3H3,(H,21,23)/b16-15+. The average Bonchev–Trinajstić information content (AvgIpc) is 2.56. The minimum Gasteiger partial charge on any atom is -0.378 e. The topological polar surface area (TPSA) is 32.3 Å². The minimum atomic E-state index is -0.0451. The van der Waals surface area contributed by atoms with Crippen LogP contribution in [0.15, 0.2) is 60.7 Å². The predicted molar refractivity (Wildman–Crippen MR) is 97.6 cm³/mol. The monoisotopic (exact) mass is 308 g/mol. The van der Waals surface area contributed by atoms with Crippen molar-refractivity contribution in [3.63, 3.8) is 0 Å². The summed E-state index contributed by atoms with van der Waals surface area (Å²) in [6.07, 6.45) is 2.49. The average molecular weight is 308 g/mol. The van der Waals surface area contributed by atoms with Crippen LogP contribution in [-0.2, 0) is 11.2 Å². The third-order valence-electron chi connectivity index (χ3n) is 3.74. The number of nitrogens with one attached hydrogen (secondary N) is 1. The fourth-order valence-corrected chi connectivity index (χ4v) is 2.32. The number of hydrogen-bond acceptors (Lipinski definition) is 2. The molecule has 120 valence electrons. The van der Waals surface area contributed by atoms with Crippen molar-refractivity contribution in [1.29, 1.82) is 0 Å². The van der Waals surface area contributed by atoms with Crippen LogP contribution in [-0.4, -0.2) is 26.5 Å². The molecule has 2 aromatic carbocycles. The normalized spacial score (nSPS) is 11.2. The number of allylic oxidation sites excluding steroid dienone is 1. The molecule has 1 N–H and O–H groups in total. The van der Waals surface area contributed by atoms with E-state index in [2.05, 4.69) is 34.5 Å². The number of nitrogens with zero attached hydrogens (tertiary/aromatic N) is 1. The summed E-state index contributed by atoms with van der Waals surface area (Å²) in [5.41, 5.74) is 4.44. The third-order valence-corrected chi connectivity index (χ3v) is 3.74. The van der Waals surface area contributed by atoms with Gasteiger partial charge in [0.2, 0.25) is 5.91 Å². The van der Waals surface area contributed by atoms with E-state index in [1.54, 1.807) is 6.08 Å². The Labute approximate surface area is 138 Å². The van der Waals surface area contributed by atoms with Gasteiger partial charge in [-0.1, -0.05) is 42.5 Å². The summed E-state index contributed by atoms with van der Waals surface area (Å²) >= 11 is 0. The molecule has 0 saturated heterocycles. The highest BCUT2D eigenvalue weighted by Crippen LogP contribution is 2.13. The van der Waals surface area contributed by atoms with Gasteiger partial charge >= 0.3 is 0 Å². The van der Waals surface area contributed by atoms with E-state index in [0.717, 1.165) is 17.6 Å². The Morgan fingerprint density at radius 3 is 2.30 bits per heavy atom. The Hall–Kier alpha value is -2.55. The van der Waals surface area contributed by atoms with Gasteiger partial charge in [0.05, 0.1) is 0 Å². The van der Waals surface area contributed by atoms with Crippen LogP contribution in [0.2, 0.25) is 0 Å². The minimum absolute atomic E-state index is 0.0451. The number of rotatable bonds is 6. The van der Waals surface area contributed by atoms with Gasteiger partial charge in [-0.3, -0.25) is 4.79 Å². The summed E-state index contributed by atoms with van der Waals surface area (Å²) in [6, 6.07) is 18.3. The quantitative estimate of drug-likeness (QED) is 0.828. The molecule has 3 nitrogen and oxygen atoms in total. The van der Waals surface area contributed by atoms with Crippen molar-refractivity contribution in [3.8, 4) is 0 Å². The first kappa shape index (κ1) is 16.8. The van der Waals surface area contributed by atoms with E-state index in [4.69, 9.17) is 0 Å². The molecule has 2 rings (SSSR count). The van der Waals surface area contributed by atoms with E-state index < -0.39 is 0 Å². The molecule has 0 radical (unpaired) electrons. The van der Waals surface area contributed by atoms with Crippen LogP contribution in [0, 0.1) is 0 Å². The second-order valence-corrected chi connectivity index (χ2v) is 5.80. The van der Waals surface area contributed by atoms with Crippen molar-refractivity contribution in [1.82, 2.24) is 5.32 Å². The van der Waals surface area contributed by atoms with Gasteiger partial charge in [0.15, 0.2) is 0 Å². The third kappa shape index (κ3) is 5.29. The lowest BCUT2D eigenvalue weighted by Gasteiger charge is -2.12. The van der Waals surface area contributed by atoms with Crippen molar-refractivity contribution < 1.29 is 4.79 Å². The molecule has 0 saturated carbocycles. The van der Waals surface area contributed by atoms with Crippen molar-refractivity contribution in [2.75, 3.05) is 25.5 Å². The summed E-state index contributed by atoms with van der Waals surface area (Å²) in [4.78, 5) is 14.0.